The molecule has 0 aliphatic heterocycles. The zero-order valence-corrected chi connectivity index (χ0v) is 6.60. The van der Waals surface area contributed by atoms with Crippen LogP contribution in [-0.4, -0.2) is 22.2 Å². The number of rotatable bonds is 3. The Kier molecular flexibility index (Phi) is 2.63. The summed E-state index contributed by atoms with van der Waals surface area (Å²) in [7, 11) is 0. The van der Waals surface area contributed by atoms with E-state index < -0.39 is 12.1 Å². The van der Waals surface area contributed by atoms with E-state index in [-0.39, 0.29) is 0 Å². The molecule has 4 nitrogen and oxygen atoms in total. The molecule has 0 aliphatic carbocycles. The second kappa shape index (κ2) is 3.71. The van der Waals surface area contributed by atoms with Crippen LogP contribution in [0.15, 0.2) is 24.4 Å². The van der Waals surface area contributed by atoms with Crippen molar-refractivity contribution in [3.8, 4) is 5.88 Å². The van der Waals surface area contributed by atoms with Crippen molar-refractivity contribution in [3.05, 3.63) is 24.4 Å². The highest BCUT2D eigenvalue weighted by Gasteiger charge is 2.11. The molecule has 1 N–H and O–H groups in total. The SMILES string of the molecule is C[C@H](Oc1ccccn1)C(=O)O. The molecule has 0 fully saturated rings. The highest BCUT2D eigenvalue weighted by Crippen LogP contribution is 2.05. The van der Waals surface area contributed by atoms with Crippen molar-refractivity contribution >= 4 is 5.97 Å². The number of ether oxygens (including phenoxy) is 1. The van der Waals surface area contributed by atoms with Crippen molar-refractivity contribution in [1.29, 1.82) is 0 Å². The molecule has 0 saturated heterocycles. The lowest BCUT2D eigenvalue weighted by atomic mass is 10.4. The lowest BCUT2D eigenvalue weighted by molar-refractivity contribution is -0.144. The maximum atomic E-state index is 10.4. The zero-order valence-electron chi connectivity index (χ0n) is 6.60. The van der Waals surface area contributed by atoms with Crippen LogP contribution in [-0.2, 0) is 4.79 Å². The summed E-state index contributed by atoms with van der Waals surface area (Å²) in [6, 6.07) is 5.08. The number of carboxylic acid groups (broad SMARTS) is 1. The largest absolute Gasteiger partial charge is 0.479 e. The van der Waals surface area contributed by atoms with Gasteiger partial charge in [0.2, 0.25) is 5.88 Å². The molecule has 12 heavy (non-hydrogen) atoms. The van der Waals surface area contributed by atoms with Crippen LogP contribution in [0.1, 0.15) is 6.92 Å². The second-order valence-corrected chi connectivity index (χ2v) is 2.27. The lowest BCUT2D eigenvalue weighted by Gasteiger charge is -2.07. The quantitative estimate of drug-likeness (QED) is 0.727. The highest BCUT2D eigenvalue weighted by molar-refractivity contribution is 5.72. The predicted octanol–water partition coefficient (Wildman–Crippen LogP) is 0.933. The average molecular weight is 167 g/mol. The van der Waals surface area contributed by atoms with Gasteiger partial charge >= 0.3 is 5.97 Å². The predicted molar refractivity (Wildman–Crippen MR) is 42.0 cm³/mol. The van der Waals surface area contributed by atoms with E-state index in [1.165, 1.54) is 6.92 Å². The van der Waals surface area contributed by atoms with Crippen LogP contribution >= 0.6 is 0 Å². The van der Waals surface area contributed by atoms with Gasteiger partial charge in [0.15, 0.2) is 6.10 Å². The molecule has 0 radical (unpaired) electrons. The molecule has 0 bridgehead atoms. The number of aliphatic carboxylic acids is 1. The summed E-state index contributed by atoms with van der Waals surface area (Å²) >= 11 is 0. The van der Waals surface area contributed by atoms with Gasteiger partial charge in [0.05, 0.1) is 0 Å². The Morgan fingerprint density at radius 2 is 2.42 bits per heavy atom. The summed E-state index contributed by atoms with van der Waals surface area (Å²) in [4.78, 5) is 14.2. The number of nitrogens with zero attached hydrogens (tertiary/aromatic N) is 1. The molecule has 0 aromatic carbocycles. The second-order valence-electron chi connectivity index (χ2n) is 2.27. The first kappa shape index (κ1) is 8.52. The molecule has 0 spiro atoms. The summed E-state index contributed by atoms with van der Waals surface area (Å²) in [5, 5.41) is 8.49. The van der Waals surface area contributed by atoms with Gasteiger partial charge in [-0.25, -0.2) is 9.78 Å². The van der Waals surface area contributed by atoms with Crippen molar-refractivity contribution < 1.29 is 14.6 Å². The minimum absolute atomic E-state index is 0.326. The average Bonchev–Trinajstić information content (AvgIpc) is 2.06. The molecule has 1 rings (SSSR count). The standard InChI is InChI=1S/C8H9NO3/c1-6(8(10)11)12-7-4-2-3-5-9-7/h2-6H,1H3,(H,10,11)/t6-/m0/s1. The third-order valence-corrected chi connectivity index (χ3v) is 1.28. The van der Waals surface area contributed by atoms with E-state index in [4.69, 9.17) is 9.84 Å². The highest BCUT2D eigenvalue weighted by atomic mass is 16.5. The molecule has 0 saturated carbocycles. The van der Waals surface area contributed by atoms with Gasteiger partial charge in [-0.15, -0.1) is 0 Å². The summed E-state index contributed by atoms with van der Waals surface area (Å²) in [5.74, 6) is -0.673. The number of pyridine rings is 1. The van der Waals surface area contributed by atoms with E-state index in [1.54, 1.807) is 24.4 Å². The molecule has 1 atom stereocenters. The van der Waals surface area contributed by atoms with E-state index in [0.29, 0.717) is 5.88 Å². The molecule has 1 aromatic heterocycles. The van der Waals surface area contributed by atoms with Crippen molar-refractivity contribution in [3.63, 3.8) is 0 Å². The first-order chi connectivity index (χ1) is 5.70. The third-order valence-electron chi connectivity index (χ3n) is 1.28. The van der Waals surface area contributed by atoms with Crippen LogP contribution in [0.2, 0.25) is 0 Å². The molecular formula is C8H9NO3. The summed E-state index contributed by atoms with van der Waals surface area (Å²) in [5.41, 5.74) is 0. The topological polar surface area (TPSA) is 59.4 Å². The Bertz CT molecular complexity index is 260. The number of aromatic nitrogens is 1. The normalized spacial score (nSPS) is 12.1. The first-order valence-corrected chi connectivity index (χ1v) is 3.50. The fourth-order valence-corrected chi connectivity index (χ4v) is 0.648. The van der Waals surface area contributed by atoms with Crippen LogP contribution in [0.5, 0.6) is 5.88 Å². The van der Waals surface area contributed by atoms with E-state index in [9.17, 15) is 4.79 Å². The maximum absolute atomic E-state index is 10.4. The van der Waals surface area contributed by atoms with Crippen LogP contribution < -0.4 is 4.74 Å². The Morgan fingerprint density at radius 1 is 1.67 bits per heavy atom. The van der Waals surface area contributed by atoms with Crippen LogP contribution in [0.3, 0.4) is 0 Å². The van der Waals surface area contributed by atoms with E-state index in [0.717, 1.165) is 0 Å². The van der Waals surface area contributed by atoms with Crippen molar-refractivity contribution in [1.82, 2.24) is 4.98 Å². The Hall–Kier alpha value is -1.58. The Morgan fingerprint density at radius 3 is 2.92 bits per heavy atom. The van der Waals surface area contributed by atoms with Gasteiger partial charge in [-0.05, 0) is 13.0 Å². The van der Waals surface area contributed by atoms with Crippen molar-refractivity contribution in [2.45, 2.75) is 13.0 Å². The van der Waals surface area contributed by atoms with Crippen LogP contribution in [0.4, 0.5) is 0 Å². The van der Waals surface area contributed by atoms with E-state index in [1.807, 2.05) is 0 Å². The Labute approximate surface area is 69.8 Å². The van der Waals surface area contributed by atoms with Crippen molar-refractivity contribution in [2.75, 3.05) is 0 Å². The summed E-state index contributed by atoms with van der Waals surface area (Å²) in [6.45, 7) is 1.46. The molecule has 1 aromatic rings. The molecule has 64 valence electrons. The molecular weight excluding hydrogens is 158 g/mol. The van der Waals surface area contributed by atoms with Gasteiger partial charge in [-0.2, -0.15) is 0 Å². The van der Waals surface area contributed by atoms with Gasteiger partial charge in [-0.3, -0.25) is 0 Å². The summed E-state index contributed by atoms with van der Waals surface area (Å²) < 4.78 is 4.97. The summed E-state index contributed by atoms with van der Waals surface area (Å²) in [6.07, 6.45) is 0.684. The molecule has 1 heterocycles. The van der Waals surface area contributed by atoms with Gasteiger partial charge < -0.3 is 9.84 Å². The smallest absolute Gasteiger partial charge is 0.344 e. The third kappa shape index (κ3) is 2.23. The lowest BCUT2D eigenvalue weighted by Crippen LogP contribution is -2.23. The van der Waals surface area contributed by atoms with Gasteiger partial charge in [0, 0.05) is 12.3 Å². The number of carboxylic acids is 1. The van der Waals surface area contributed by atoms with Crippen LogP contribution in [0.25, 0.3) is 0 Å². The maximum Gasteiger partial charge on any atom is 0.344 e. The fourth-order valence-electron chi connectivity index (χ4n) is 0.648. The molecule has 0 unspecified atom stereocenters. The zero-order chi connectivity index (χ0) is 8.97. The molecule has 4 heteroatoms. The van der Waals surface area contributed by atoms with Crippen LogP contribution in [0, 0.1) is 0 Å². The molecule has 0 aliphatic rings. The number of hydrogen-bond donors (Lipinski definition) is 1. The van der Waals surface area contributed by atoms with Crippen molar-refractivity contribution in [2.24, 2.45) is 0 Å². The number of carbonyl (C=O) groups is 1. The minimum Gasteiger partial charge on any atom is -0.479 e. The first-order valence-electron chi connectivity index (χ1n) is 3.50. The Balaban J connectivity index is 2.58. The van der Waals surface area contributed by atoms with Gasteiger partial charge in [0.25, 0.3) is 0 Å². The number of hydrogen-bond acceptors (Lipinski definition) is 3. The van der Waals surface area contributed by atoms with Gasteiger partial charge in [-0.1, -0.05) is 6.07 Å². The van der Waals surface area contributed by atoms with E-state index >= 15 is 0 Å². The monoisotopic (exact) mass is 167 g/mol. The van der Waals surface area contributed by atoms with Gasteiger partial charge in [0.1, 0.15) is 0 Å². The minimum atomic E-state index is -0.999. The van der Waals surface area contributed by atoms with E-state index in [2.05, 4.69) is 4.98 Å². The molecule has 0 amide bonds. The fraction of sp³-hybridized carbons (Fsp3) is 0.250.